The molecule has 3 aromatic rings. The Hall–Kier alpha value is -1.94. The zero-order valence-corrected chi connectivity index (χ0v) is 14.0. The molecule has 0 bridgehead atoms. The number of hydrogen-bond acceptors (Lipinski definition) is 3. The van der Waals surface area contributed by atoms with E-state index in [2.05, 4.69) is 30.1 Å². The Kier molecular flexibility index (Phi) is 3.57. The van der Waals surface area contributed by atoms with Gasteiger partial charge in [-0.3, -0.25) is 0 Å². The Morgan fingerprint density at radius 3 is 2.87 bits per heavy atom. The van der Waals surface area contributed by atoms with E-state index in [9.17, 15) is 0 Å². The first-order valence-electron chi connectivity index (χ1n) is 8.00. The Morgan fingerprint density at radius 2 is 2.13 bits per heavy atom. The highest BCUT2D eigenvalue weighted by atomic mass is 35.5. The van der Waals surface area contributed by atoms with Crippen LogP contribution in [-0.4, -0.2) is 10.1 Å². The molecular formula is C18H19ClN2O2. The third-order valence-corrected chi connectivity index (χ3v) is 4.54. The Balaban J connectivity index is 1.53. The number of fused-ring (bicyclic) bond motifs is 1. The van der Waals surface area contributed by atoms with Crippen molar-refractivity contribution in [3.63, 3.8) is 0 Å². The zero-order valence-electron chi connectivity index (χ0n) is 13.2. The van der Waals surface area contributed by atoms with E-state index in [4.69, 9.17) is 20.9 Å². The Labute approximate surface area is 139 Å². The molecule has 1 aliphatic rings. The molecule has 0 aliphatic heterocycles. The van der Waals surface area contributed by atoms with E-state index in [1.165, 1.54) is 18.5 Å². The fraction of sp³-hybridized carbons (Fsp3) is 0.389. The molecule has 0 saturated heterocycles. The van der Waals surface area contributed by atoms with Gasteiger partial charge >= 0.3 is 0 Å². The number of H-pyrrole nitrogens is 1. The van der Waals surface area contributed by atoms with Crippen molar-refractivity contribution in [2.45, 2.75) is 45.1 Å². The highest BCUT2D eigenvalue weighted by molar-refractivity contribution is 6.32. The molecule has 0 radical (unpaired) electrons. The van der Waals surface area contributed by atoms with Crippen molar-refractivity contribution in [1.29, 1.82) is 0 Å². The summed E-state index contributed by atoms with van der Waals surface area (Å²) >= 11 is 6.34. The molecule has 0 spiro atoms. The minimum Gasteiger partial charge on any atom is -0.486 e. The molecule has 1 fully saturated rings. The molecule has 4 rings (SSSR count). The van der Waals surface area contributed by atoms with E-state index in [0.29, 0.717) is 29.2 Å². The summed E-state index contributed by atoms with van der Waals surface area (Å²) in [7, 11) is 0. The van der Waals surface area contributed by atoms with Gasteiger partial charge in [0.1, 0.15) is 23.8 Å². The average molecular weight is 331 g/mol. The highest BCUT2D eigenvalue weighted by Gasteiger charge is 2.27. The van der Waals surface area contributed by atoms with E-state index < -0.39 is 0 Å². The molecule has 1 aliphatic carbocycles. The summed E-state index contributed by atoms with van der Waals surface area (Å²) in [5, 5.41) is 5.77. The third-order valence-electron chi connectivity index (χ3n) is 4.25. The maximum Gasteiger partial charge on any atom is 0.140 e. The predicted octanol–water partition coefficient (Wildman–Crippen LogP) is 5.39. The fourth-order valence-corrected chi connectivity index (χ4v) is 2.91. The minimum atomic E-state index is 0.360. The van der Waals surface area contributed by atoms with Crippen LogP contribution in [0.5, 0.6) is 5.75 Å². The number of hydrogen-bond donors (Lipinski definition) is 1. The first kappa shape index (κ1) is 14.6. The summed E-state index contributed by atoms with van der Waals surface area (Å²) in [5.74, 6) is 2.63. The van der Waals surface area contributed by atoms with Gasteiger partial charge in [0, 0.05) is 34.6 Å². The molecule has 2 aromatic heterocycles. The number of benzene rings is 1. The van der Waals surface area contributed by atoms with Gasteiger partial charge in [0.15, 0.2) is 0 Å². The minimum absolute atomic E-state index is 0.360. The van der Waals surface area contributed by atoms with Crippen LogP contribution in [0.4, 0.5) is 0 Å². The van der Waals surface area contributed by atoms with Gasteiger partial charge in [-0.15, -0.1) is 0 Å². The molecule has 5 heteroatoms. The second kappa shape index (κ2) is 5.60. The standard InChI is InChI=1S/C18H19ClN2O2/c1-10(2)15-6-12-5-14(19)18(8-16(12)20-15)22-9-13-7-17(23-21-13)11-3-4-11/h5-8,10-11,20H,3-4,9H2,1-2H3. The lowest BCUT2D eigenvalue weighted by Crippen LogP contribution is -1.96. The number of rotatable bonds is 5. The molecule has 4 nitrogen and oxygen atoms in total. The van der Waals surface area contributed by atoms with Gasteiger partial charge in [-0.05, 0) is 30.9 Å². The van der Waals surface area contributed by atoms with Gasteiger partial charge in [-0.2, -0.15) is 0 Å². The maximum atomic E-state index is 6.34. The van der Waals surface area contributed by atoms with E-state index in [1.807, 2.05) is 18.2 Å². The van der Waals surface area contributed by atoms with E-state index in [0.717, 1.165) is 22.4 Å². The lowest BCUT2D eigenvalue weighted by Gasteiger charge is -2.06. The summed E-state index contributed by atoms with van der Waals surface area (Å²) in [6, 6.07) is 8.00. The normalized spacial score (nSPS) is 14.8. The lowest BCUT2D eigenvalue weighted by molar-refractivity contribution is 0.287. The molecule has 120 valence electrons. The second-order valence-corrected chi connectivity index (χ2v) is 6.94. The van der Waals surface area contributed by atoms with Crippen LogP contribution in [0.25, 0.3) is 10.9 Å². The number of aromatic nitrogens is 2. The molecule has 1 aromatic carbocycles. The van der Waals surface area contributed by atoms with Crippen molar-refractivity contribution in [2.75, 3.05) is 0 Å². The summed E-state index contributed by atoms with van der Waals surface area (Å²) in [6.45, 7) is 4.68. The monoisotopic (exact) mass is 330 g/mol. The number of ether oxygens (including phenoxy) is 1. The van der Waals surface area contributed by atoms with Crippen molar-refractivity contribution in [3.05, 3.63) is 46.4 Å². The zero-order chi connectivity index (χ0) is 16.0. The van der Waals surface area contributed by atoms with Gasteiger partial charge in [-0.1, -0.05) is 30.6 Å². The van der Waals surface area contributed by atoms with Crippen LogP contribution >= 0.6 is 11.6 Å². The molecule has 1 saturated carbocycles. The molecule has 2 heterocycles. The van der Waals surface area contributed by atoms with Gasteiger partial charge in [0.2, 0.25) is 0 Å². The average Bonchev–Trinajstić information content (AvgIpc) is 3.11. The molecule has 23 heavy (non-hydrogen) atoms. The van der Waals surface area contributed by atoms with Gasteiger partial charge in [0.25, 0.3) is 0 Å². The largest absolute Gasteiger partial charge is 0.486 e. The number of nitrogens with one attached hydrogen (secondary N) is 1. The first-order valence-corrected chi connectivity index (χ1v) is 8.38. The molecule has 0 atom stereocenters. The predicted molar refractivity (Wildman–Crippen MR) is 90.2 cm³/mol. The molecule has 0 amide bonds. The molecular weight excluding hydrogens is 312 g/mol. The van der Waals surface area contributed by atoms with Crippen molar-refractivity contribution in [2.24, 2.45) is 0 Å². The summed E-state index contributed by atoms with van der Waals surface area (Å²) < 4.78 is 11.2. The van der Waals surface area contributed by atoms with Gasteiger partial charge in [0.05, 0.1) is 5.02 Å². The topological polar surface area (TPSA) is 51.1 Å². The van der Waals surface area contributed by atoms with Crippen LogP contribution in [0.2, 0.25) is 5.02 Å². The quantitative estimate of drug-likeness (QED) is 0.682. The number of nitrogens with zero attached hydrogens (tertiary/aromatic N) is 1. The van der Waals surface area contributed by atoms with E-state index in [-0.39, 0.29) is 0 Å². The van der Waals surface area contributed by atoms with Crippen LogP contribution in [-0.2, 0) is 6.61 Å². The van der Waals surface area contributed by atoms with Crippen LogP contribution in [0, 0.1) is 0 Å². The Morgan fingerprint density at radius 1 is 1.30 bits per heavy atom. The van der Waals surface area contributed by atoms with Crippen molar-refractivity contribution >= 4 is 22.5 Å². The van der Waals surface area contributed by atoms with Crippen LogP contribution in [0.15, 0.2) is 28.8 Å². The third kappa shape index (κ3) is 2.95. The first-order chi connectivity index (χ1) is 11.1. The smallest absolute Gasteiger partial charge is 0.140 e. The molecule has 1 N–H and O–H groups in total. The lowest BCUT2D eigenvalue weighted by atomic mass is 10.1. The van der Waals surface area contributed by atoms with Crippen LogP contribution in [0.1, 0.15) is 55.7 Å². The summed E-state index contributed by atoms with van der Waals surface area (Å²) in [4.78, 5) is 3.42. The summed E-state index contributed by atoms with van der Waals surface area (Å²) in [5.41, 5.74) is 3.03. The van der Waals surface area contributed by atoms with Crippen LogP contribution in [0.3, 0.4) is 0 Å². The SMILES string of the molecule is CC(C)c1cc2cc(Cl)c(OCc3cc(C4CC4)on3)cc2[nH]1. The summed E-state index contributed by atoms with van der Waals surface area (Å²) in [6.07, 6.45) is 2.39. The van der Waals surface area contributed by atoms with E-state index in [1.54, 1.807) is 0 Å². The van der Waals surface area contributed by atoms with Gasteiger partial charge < -0.3 is 14.2 Å². The highest BCUT2D eigenvalue weighted by Crippen LogP contribution is 2.40. The Bertz CT molecular complexity index is 846. The van der Waals surface area contributed by atoms with E-state index >= 15 is 0 Å². The number of halogens is 1. The van der Waals surface area contributed by atoms with Crippen LogP contribution < -0.4 is 4.74 Å². The maximum absolute atomic E-state index is 6.34. The van der Waals surface area contributed by atoms with Crippen molar-refractivity contribution in [3.8, 4) is 5.75 Å². The van der Waals surface area contributed by atoms with Crippen molar-refractivity contribution < 1.29 is 9.26 Å². The second-order valence-electron chi connectivity index (χ2n) is 6.53. The fourth-order valence-electron chi connectivity index (χ4n) is 2.69. The molecule has 0 unspecified atom stereocenters. The number of aromatic amines is 1. The van der Waals surface area contributed by atoms with Crippen molar-refractivity contribution in [1.82, 2.24) is 10.1 Å². The van der Waals surface area contributed by atoms with Gasteiger partial charge in [-0.25, -0.2) is 0 Å².